The molecule has 2 atom stereocenters. The fraction of sp³-hybridized carbons (Fsp3) is 0.200. The number of benzene rings is 4. The van der Waals surface area contributed by atoms with Gasteiger partial charge in [0.2, 0.25) is 0 Å². The monoisotopic (exact) mass is 554 g/mol. The number of aliphatic hydroxyl groups is 2. The van der Waals surface area contributed by atoms with Crippen LogP contribution in [0.4, 0.5) is 0 Å². The van der Waals surface area contributed by atoms with E-state index < -0.39 is 26.9 Å². The van der Waals surface area contributed by atoms with Gasteiger partial charge in [0.05, 0.1) is 12.2 Å². The highest BCUT2D eigenvalue weighted by atomic mass is 31.2. The summed E-state index contributed by atoms with van der Waals surface area (Å²) in [6.45, 7) is 5.17. The van der Waals surface area contributed by atoms with E-state index in [1.165, 1.54) is 0 Å². The summed E-state index contributed by atoms with van der Waals surface area (Å²) in [5.41, 5.74) is 0. The van der Waals surface area contributed by atoms with E-state index in [-0.39, 0.29) is 5.92 Å². The molecular formula is C30H36O6P2. The van der Waals surface area contributed by atoms with E-state index in [1.807, 2.05) is 31.2 Å². The van der Waals surface area contributed by atoms with Crippen LogP contribution in [0.2, 0.25) is 0 Å². The third-order valence-corrected chi connectivity index (χ3v) is 9.94. The lowest BCUT2D eigenvalue weighted by molar-refractivity contribution is 0.0420. The summed E-state index contributed by atoms with van der Waals surface area (Å²) in [4.78, 5) is 20.0. The molecule has 0 saturated heterocycles. The highest BCUT2D eigenvalue weighted by molar-refractivity contribution is 7.73. The molecule has 2 unspecified atom stereocenters. The van der Waals surface area contributed by atoms with E-state index in [9.17, 15) is 18.9 Å². The fourth-order valence-electron chi connectivity index (χ4n) is 3.22. The SMILES string of the molecule is CC(O)C(C)C(C)O.O=P(O)(c1ccccc1)c1ccccc1.O=P(O)(c1ccccc1)c1ccccc1. The second-order valence-corrected chi connectivity index (χ2v) is 13.2. The molecule has 0 aromatic heterocycles. The topological polar surface area (TPSA) is 115 Å². The van der Waals surface area contributed by atoms with E-state index in [0.29, 0.717) is 21.2 Å². The van der Waals surface area contributed by atoms with Gasteiger partial charge in [0, 0.05) is 27.1 Å². The summed E-state index contributed by atoms with van der Waals surface area (Å²) in [6.07, 6.45) is -0.815. The smallest absolute Gasteiger partial charge is 0.258 e. The van der Waals surface area contributed by atoms with Crippen molar-refractivity contribution >= 4 is 36.0 Å². The van der Waals surface area contributed by atoms with Crippen LogP contribution in [-0.4, -0.2) is 32.2 Å². The van der Waals surface area contributed by atoms with Gasteiger partial charge in [0.15, 0.2) is 0 Å². The van der Waals surface area contributed by atoms with Crippen LogP contribution in [0.1, 0.15) is 20.8 Å². The van der Waals surface area contributed by atoms with Gasteiger partial charge < -0.3 is 20.0 Å². The first kappa shape index (κ1) is 31.4. The Hall–Kier alpha value is -2.82. The Kier molecular flexibility index (Phi) is 12.3. The van der Waals surface area contributed by atoms with Gasteiger partial charge in [-0.3, -0.25) is 9.13 Å². The zero-order valence-electron chi connectivity index (χ0n) is 21.8. The number of hydrogen-bond acceptors (Lipinski definition) is 4. The van der Waals surface area contributed by atoms with Gasteiger partial charge >= 0.3 is 0 Å². The van der Waals surface area contributed by atoms with Crippen molar-refractivity contribution in [2.75, 3.05) is 0 Å². The van der Waals surface area contributed by atoms with Crippen molar-refractivity contribution in [2.45, 2.75) is 33.0 Å². The second-order valence-electron chi connectivity index (χ2n) is 8.83. The van der Waals surface area contributed by atoms with E-state index >= 15 is 0 Å². The molecule has 8 heteroatoms. The summed E-state index contributed by atoms with van der Waals surface area (Å²) in [5.74, 6) is -0.0185. The standard InChI is InChI=1S/2C12H11O2P.C6H14O2/c2*13-15(14,11-7-3-1-4-8-11)12-9-5-2-6-10-12;1-4(5(2)7)6(3)8/h2*1-10H,(H,13,14);4-8H,1-3H3. The molecule has 0 saturated carbocycles. The van der Waals surface area contributed by atoms with E-state index in [0.717, 1.165) is 0 Å². The van der Waals surface area contributed by atoms with Crippen molar-refractivity contribution < 1.29 is 29.1 Å². The van der Waals surface area contributed by atoms with Crippen molar-refractivity contribution in [2.24, 2.45) is 5.92 Å². The third-order valence-electron chi connectivity index (χ3n) is 5.95. The molecule has 0 spiro atoms. The minimum atomic E-state index is -3.40. The molecule has 4 rings (SSSR count). The van der Waals surface area contributed by atoms with Crippen molar-refractivity contribution in [3.05, 3.63) is 121 Å². The Morgan fingerprint density at radius 3 is 0.763 bits per heavy atom. The first-order chi connectivity index (χ1) is 18.0. The number of aliphatic hydroxyl groups excluding tert-OH is 2. The molecule has 0 bridgehead atoms. The summed E-state index contributed by atoms with van der Waals surface area (Å²) < 4.78 is 24.3. The zero-order chi connectivity index (χ0) is 28.2. The second kappa shape index (κ2) is 14.9. The first-order valence-electron chi connectivity index (χ1n) is 12.2. The Labute approximate surface area is 225 Å². The predicted molar refractivity (Wildman–Crippen MR) is 156 cm³/mol. The Balaban J connectivity index is 0.000000211. The summed E-state index contributed by atoms with van der Waals surface area (Å²) in [5, 5.41) is 19.5. The van der Waals surface area contributed by atoms with Crippen molar-refractivity contribution in [1.82, 2.24) is 0 Å². The highest BCUT2D eigenvalue weighted by Crippen LogP contribution is 2.38. The largest absolute Gasteiger partial charge is 0.393 e. The molecule has 0 radical (unpaired) electrons. The van der Waals surface area contributed by atoms with Crippen LogP contribution in [0.5, 0.6) is 0 Å². The minimum absolute atomic E-state index is 0.0185. The van der Waals surface area contributed by atoms with E-state index in [1.54, 1.807) is 111 Å². The lowest BCUT2D eigenvalue weighted by atomic mass is 10.0. The fourth-order valence-corrected chi connectivity index (χ4v) is 6.12. The van der Waals surface area contributed by atoms with Gasteiger partial charge in [-0.15, -0.1) is 0 Å². The molecule has 0 fully saturated rings. The Morgan fingerprint density at radius 2 is 0.632 bits per heavy atom. The van der Waals surface area contributed by atoms with Gasteiger partial charge in [0.25, 0.3) is 14.7 Å². The highest BCUT2D eigenvalue weighted by Gasteiger charge is 2.23. The van der Waals surface area contributed by atoms with Crippen molar-refractivity contribution in [3.8, 4) is 0 Å². The maximum absolute atomic E-state index is 12.2. The maximum atomic E-state index is 12.2. The van der Waals surface area contributed by atoms with Gasteiger partial charge in [-0.25, -0.2) is 0 Å². The molecule has 202 valence electrons. The van der Waals surface area contributed by atoms with Gasteiger partial charge in [-0.1, -0.05) is 79.7 Å². The summed E-state index contributed by atoms with van der Waals surface area (Å²) in [7, 11) is -6.79. The van der Waals surface area contributed by atoms with Crippen LogP contribution < -0.4 is 21.2 Å². The lowest BCUT2D eigenvalue weighted by Gasteiger charge is -2.16. The third kappa shape index (κ3) is 9.18. The van der Waals surface area contributed by atoms with Crippen LogP contribution in [-0.2, 0) is 9.13 Å². The van der Waals surface area contributed by atoms with Crippen LogP contribution >= 0.6 is 14.7 Å². The van der Waals surface area contributed by atoms with Gasteiger partial charge in [-0.2, -0.15) is 0 Å². The number of hydrogen-bond donors (Lipinski definition) is 4. The van der Waals surface area contributed by atoms with Crippen LogP contribution in [0, 0.1) is 5.92 Å². The molecule has 6 nitrogen and oxygen atoms in total. The summed E-state index contributed by atoms with van der Waals surface area (Å²) >= 11 is 0. The van der Waals surface area contributed by atoms with E-state index in [4.69, 9.17) is 10.2 Å². The molecule has 38 heavy (non-hydrogen) atoms. The van der Waals surface area contributed by atoms with E-state index in [2.05, 4.69) is 0 Å². The normalized spacial score (nSPS) is 13.6. The molecule has 4 aromatic rings. The van der Waals surface area contributed by atoms with Crippen molar-refractivity contribution in [3.63, 3.8) is 0 Å². The first-order valence-corrected chi connectivity index (χ1v) is 15.5. The minimum Gasteiger partial charge on any atom is -0.393 e. The lowest BCUT2D eigenvalue weighted by Crippen LogP contribution is -2.24. The van der Waals surface area contributed by atoms with Gasteiger partial charge in [0.1, 0.15) is 0 Å². The average molecular weight is 555 g/mol. The Morgan fingerprint density at radius 1 is 0.447 bits per heavy atom. The molecule has 0 aliphatic carbocycles. The molecule has 4 N–H and O–H groups in total. The Bertz CT molecular complexity index is 1110. The molecule has 0 aliphatic heterocycles. The predicted octanol–water partition coefficient (Wildman–Crippen LogP) is 4.20. The molecular weight excluding hydrogens is 518 g/mol. The van der Waals surface area contributed by atoms with Crippen LogP contribution in [0.3, 0.4) is 0 Å². The molecule has 4 aromatic carbocycles. The van der Waals surface area contributed by atoms with Crippen molar-refractivity contribution in [1.29, 1.82) is 0 Å². The van der Waals surface area contributed by atoms with Gasteiger partial charge in [-0.05, 0) is 62.4 Å². The van der Waals surface area contributed by atoms with Crippen LogP contribution in [0.15, 0.2) is 121 Å². The van der Waals surface area contributed by atoms with Crippen LogP contribution in [0.25, 0.3) is 0 Å². The summed E-state index contributed by atoms with van der Waals surface area (Å²) in [6, 6.07) is 34.8. The maximum Gasteiger partial charge on any atom is 0.258 e. The zero-order valence-corrected chi connectivity index (χ0v) is 23.6. The molecule has 0 amide bonds. The number of rotatable bonds is 6. The average Bonchev–Trinajstić information content (AvgIpc) is 2.95. The molecule has 0 heterocycles. The quantitative estimate of drug-likeness (QED) is 0.266. The molecule has 0 aliphatic rings.